The van der Waals surface area contributed by atoms with Crippen LogP contribution < -0.4 is 10.3 Å². The Morgan fingerprint density at radius 2 is 2.00 bits per heavy atom. The average molecular weight is 454 g/mol. The molecule has 0 spiro atoms. The van der Waals surface area contributed by atoms with Gasteiger partial charge in [0.05, 0.1) is 29.2 Å². The largest absolute Gasteiger partial charge is 0.493 e. The molecule has 0 saturated carbocycles. The van der Waals surface area contributed by atoms with Gasteiger partial charge in [-0.05, 0) is 31.0 Å². The molecule has 0 fully saturated rings. The van der Waals surface area contributed by atoms with Gasteiger partial charge < -0.3 is 19.4 Å². The molecule has 0 aliphatic heterocycles. The van der Waals surface area contributed by atoms with Gasteiger partial charge in [0.2, 0.25) is 0 Å². The molecular weight excluding hydrogens is 430 g/mol. The molecule has 2 heterocycles. The lowest BCUT2D eigenvalue weighted by Crippen LogP contribution is -2.13. The molecule has 2 N–H and O–H groups in total. The fourth-order valence-electron chi connectivity index (χ4n) is 3.49. The zero-order valence-corrected chi connectivity index (χ0v) is 18.6. The summed E-state index contributed by atoms with van der Waals surface area (Å²) in [4.78, 5) is 20.1. The number of aliphatic hydroxyl groups is 1. The van der Waals surface area contributed by atoms with Crippen LogP contribution in [-0.2, 0) is 29.1 Å². The van der Waals surface area contributed by atoms with E-state index < -0.39 is 14.6 Å². The van der Waals surface area contributed by atoms with Crippen molar-refractivity contribution in [1.82, 2.24) is 14.5 Å². The van der Waals surface area contributed by atoms with E-state index in [9.17, 15) is 18.3 Å². The molecule has 0 unspecified atom stereocenters. The number of hydrogen-bond acceptors (Lipinski definition) is 6. The minimum Gasteiger partial charge on any atom is -0.493 e. The van der Waals surface area contributed by atoms with E-state index in [1.807, 2.05) is 13.8 Å². The summed E-state index contributed by atoms with van der Waals surface area (Å²) in [5.41, 5.74) is 2.17. The van der Waals surface area contributed by atoms with Crippen molar-refractivity contribution < 1.29 is 18.3 Å². The van der Waals surface area contributed by atoms with Crippen LogP contribution in [0.1, 0.15) is 37.9 Å². The number of nitrogens with one attached hydrogen (secondary N) is 1. The van der Waals surface area contributed by atoms with E-state index in [0.29, 0.717) is 41.1 Å². The molecule has 0 radical (unpaired) electrons. The van der Waals surface area contributed by atoms with Crippen LogP contribution in [0.2, 0.25) is 0 Å². The number of aliphatic hydroxyl groups excluding tert-OH is 1. The molecule has 0 amide bonds. The number of aromatic amines is 1. The van der Waals surface area contributed by atoms with Crippen molar-refractivity contribution in [2.75, 3.05) is 6.61 Å². The van der Waals surface area contributed by atoms with E-state index in [1.54, 1.807) is 11.6 Å². The van der Waals surface area contributed by atoms with Crippen LogP contribution in [0.25, 0.3) is 22.4 Å². The summed E-state index contributed by atoms with van der Waals surface area (Å²) < 4.78 is 31.1. The van der Waals surface area contributed by atoms with Crippen molar-refractivity contribution >= 4 is 30.8 Å². The van der Waals surface area contributed by atoms with E-state index in [2.05, 4.69) is 9.97 Å². The van der Waals surface area contributed by atoms with E-state index >= 15 is 0 Å². The van der Waals surface area contributed by atoms with Crippen molar-refractivity contribution in [1.29, 1.82) is 0 Å². The van der Waals surface area contributed by atoms with Gasteiger partial charge in [-0.1, -0.05) is 20.3 Å². The Morgan fingerprint density at radius 3 is 2.60 bits per heavy atom. The van der Waals surface area contributed by atoms with Crippen LogP contribution >= 0.6 is 10.7 Å². The third-order valence-corrected chi connectivity index (χ3v) is 6.22. The van der Waals surface area contributed by atoms with Gasteiger partial charge in [0.1, 0.15) is 17.1 Å². The minimum atomic E-state index is -3.99. The number of fused-ring (bicyclic) bond motifs is 1. The Labute approximate surface area is 178 Å². The van der Waals surface area contributed by atoms with Crippen molar-refractivity contribution in [2.24, 2.45) is 7.05 Å². The van der Waals surface area contributed by atoms with Gasteiger partial charge >= 0.3 is 0 Å². The molecule has 1 aromatic carbocycles. The summed E-state index contributed by atoms with van der Waals surface area (Å²) in [6.07, 6.45) is 2.19. The van der Waals surface area contributed by atoms with Gasteiger partial charge in [0, 0.05) is 29.0 Å². The molecule has 3 aromatic rings. The van der Waals surface area contributed by atoms with E-state index in [1.165, 1.54) is 18.2 Å². The summed E-state index contributed by atoms with van der Waals surface area (Å²) in [6, 6.07) is 4.19. The van der Waals surface area contributed by atoms with Gasteiger partial charge in [0.25, 0.3) is 14.6 Å². The highest BCUT2D eigenvalue weighted by Gasteiger charge is 2.22. The number of aromatic nitrogens is 3. The topological polar surface area (TPSA) is 114 Å². The van der Waals surface area contributed by atoms with E-state index in [0.717, 1.165) is 18.4 Å². The molecule has 0 saturated heterocycles. The average Bonchev–Trinajstić information content (AvgIpc) is 2.97. The van der Waals surface area contributed by atoms with Gasteiger partial charge in [-0.25, -0.2) is 13.4 Å². The van der Waals surface area contributed by atoms with Gasteiger partial charge in [-0.15, -0.1) is 0 Å². The summed E-state index contributed by atoms with van der Waals surface area (Å²) >= 11 is 0. The maximum absolute atomic E-state index is 12.9. The molecule has 3 rings (SSSR count). The quantitative estimate of drug-likeness (QED) is 0.506. The van der Waals surface area contributed by atoms with Crippen molar-refractivity contribution in [3.63, 3.8) is 0 Å². The van der Waals surface area contributed by atoms with E-state index in [-0.39, 0.29) is 17.3 Å². The zero-order valence-electron chi connectivity index (χ0n) is 17.0. The highest BCUT2D eigenvalue weighted by molar-refractivity contribution is 8.13. The normalized spacial score (nSPS) is 11.9. The first-order valence-corrected chi connectivity index (χ1v) is 12.0. The molecule has 0 aliphatic rings. The first-order valence-electron chi connectivity index (χ1n) is 9.66. The number of hydrogen-bond donors (Lipinski definition) is 2. The highest BCUT2D eigenvalue weighted by Crippen LogP contribution is 2.33. The number of rotatable bonds is 8. The maximum atomic E-state index is 12.9. The van der Waals surface area contributed by atoms with Gasteiger partial charge in [-0.2, -0.15) is 0 Å². The standard InChI is InChI=1S/C20H24ClN3O5S/c1-4-6-13-15(11-25)24(3)18-17(13)22-19(23-20(18)26)14-10-12(30(21,27)28)7-8-16(14)29-9-5-2/h7-8,10,25H,4-6,9,11H2,1-3H3,(H,22,23,26). The predicted molar refractivity (Wildman–Crippen MR) is 116 cm³/mol. The Balaban J connectivity index is 2.33. The maximum Gasteiger partial charge on any atom is 0.275 e. The van der Waals surface area contributed by atoms with Crippen LogP contribution in [0.5, 0.6) is 5.75 Å². The zero-order chi connectivity index (χ0) is 22.1. The number of ether oxygens (including phenoxy) is 1. The monoisotopic (exact) mass is 453 g/mol. The second-order valence-corrected chi connectivity index (χ2v) is 9.51. The van der Waals surface area contributed by atoms with Crippen LogP contribution in [0, 0.1) is 0 Å². The SMILES string of the molecule is CCCOc1ccc(S(=O)(=O)Cl)cc1-c1nc2c(CCC)c(CO)n(C)c2c(=O)[nH]1. The van der Waals surface area contributed by atoms with Gasteiger partial charge in [0.15, 0.2) is 0 Å². The van der Waals surface area contributed by atoms with Crippen molar-refractivity contribution in [3.8, 4) is 17.1 Å². The second-order valence-electron chi connectivity index (χ2n) is 6.95. The second kappa shape index (κ2) is 8.79. The summed E-state index contributed by atoms with van der Waals surface area (Å²) in [7, 11) is 3.24. The number of halogens is 1. The highest BCUT2D eigenvalue weighted by atomic mass is 35.7. The lowest BCUT2D eigenvalue weighted by atomic mass is 10.1. The smallest absolute Gasteiger partial charge is 0.275 e. The minimum absolute atomic E-state index is 0.122. The number of H-pyrrole nitrogens is 1. The lowest BCUT2D eigenvalue weighted by Gasteiger charge is -2.12. The Hall–Kier alpha value is -2.36. The van der Waals surface area contributed by atoms with Crippen LogP contribution in [0.4, 0.5) is 0 Å². The van der Waals surface area contributed by atoms with Crippen LogP contribution in [0.15, 0.2) is 27.9 Å². The van der Waals surface area contributed by atoms with Crippen LogP contribution in [-0.4, -0.2) is 34.7 Å². The molecule has 2 aromatic heterocycles. The number of aryl methyl sites for hydroxylation is 2. The first kappa shape index (κ1) is 22.3. The molecular formula is C20H24ClN3O5S. The van der Waals surface area contributed by atoms with E-state index in [4.69, 9.17) is 15.4 Å². The Bertz CT molecular complexity index is 1250. The lowest BCUT2D eigenvalue weighted by molar-refractivity contribution is 0.272. The molecule has 8 nitrogen and oxygen atoms in total. The Morgan fingerprint density at radius 1 is 1.27 bits per heavy atom. The number of nitrogens with zero attached hydrogens (tertiary/aromatic N) is 2. The fourth-order valence-corrected chi connectivity index (χ4v) is 4.27. The molecule has 30 heavy (non-hydrogen) atoms. The predicted octanol–water partition coefficient (Wildman–Crippen LogP) is 3.09. The summed E-state index contributed by atoms with van der Waals surface area (Å²) in [5.74, 6) is 0.562. The fraction of sp³-hybridized carbons (Fsp3) is 0.400. The Kier molecular flexibility index (Phi) is 6.54. The van der Waals surface area contributed by atoms with Gasteiger partial charge in [-0.3, -0.25) is 4.79 Å². The molecule has 0 aliphatic carbocycles. The molecule has 0 bridgehead atoms. The molecule has 162 valence electrons. The number of benzene rings is 1. The summed E-state index contributed by atoms with van der Waals surface area (Å²) in [6.45, 7) is 4.13. The first-order chi connectivity index (χ1) is 14.2. The summed E-state index contributed by atoms with van der Waals surface area (Å²) in [5, 5.41) is 9.81. The van der Waals surface area contributed by atoms with Crippen molar-refractivity contribution in [2.45, 2.75) is 44.6 Å². The molecule has 0 atom stereocenters. The molecule has 10 heteroatoms. The van der Waals surface area contributed by atoms with Crippen molar-refractivity contribution in [3.05, 3.63) is 39.8 Å². The third kappa shape index (κ3) is 4.10. The van der Waals surface area contributed by atoms with Crippen LogP contribution in [0.3, 0.4) is 0 Å². The third-order valence-electron chi connectivity index (χ3n) is 4.87.